The molecule has 9 heteroatoms. The average molecular weight is 353 g/mol. The van der Waals surface area contributed by atoms with Crippen molar-refractivity contribution in [1.29, 1.82) is 0 Å². The number of esters is 1. The molecule has 0 aliphatic rings. The van der Waals surface area contributed by atoms with Gasteiger partial charge in [-0.25, -0.2) is 9.48 Å². The zero-order valence-electron chi connectivity index (χ0n) is 12.8. The van der Waals surface area contributed by atoms with E-state index < -0.39 is 29.4 Å². The second-order valence-corrected chi connectivity index (χ2v) is 4.99. The molecule has 0 unspecified atom stereocenters. The van der Waals surface area contributed by atoms with Crippen LogP contribution in [0.5, 0.6) is 0 Å². The Balaban J connectivity index is 2.33. The number of carbonyl (C=O) groups is 1. The predicted octanol–water partition coefficient (Wildman–Crippen LogP) is 3.76. The zero-order valence-corrected chi connectivity index (χ0v) is 12.8. The Hall–Kier alpha value is -2.97. The molecule has 0 amide bonds. The van der Waals surface area contributed by atoms with Crippen LogP contribution in [0, 0.1) is 5.95 Å². The quantitative estimate of drug-likeness (QED) is 0.531. The van der Waals surface area contributed by atoms with E-state index in [-0.39, 0.29) is 12.3 Å². The Bertz CT molecular complexity index is 945. The van der Waals surface area contributed by atoms with Gasteiger partial charge in [0.15, 0.2) is 5.69 Å². The minimum absolute atomic E-state index is 0.0487. The number of ether oxygens (including phenoxy) is 1. The van der Waals surface area contributed by atoms with E-state index in [2.05, 4.69) is 14.8 Å². The molecule has 0 radical (unpaired) electrons. The average Bonchev–Trinajstić information content (AvgIpc) is 2.92. The summed E-state index contributed by atoms with van der Waals surface area (Å²) in [6.45, 7) is 1.21. The summed E-state index contributed by atoms with van der Waals surface area (Å²) in [7, 11) is 0. The largest absolute Gasteiger partial charge is 0.462 e. The third-order valence-corrected chi connectivity index (χ3v) is 3.44. The second-order valence-electron chi connectivity index (χ2n) is 4.99. The summed E-state index contributed by atoms with van der Waals surface area (Å²) >= 11 is 0. The smallest absolute Gasteiger partial charge is 0.434 e. The molecule has 130 valence electrons. The summed E-state index contributed by atoms with van der Waals surface area (Å²) in [6.07, 6.45) is -3.55. The number of pyridine rings is 1. The summed E-state index contributed by atoms with van der Waals surface area (Å²) < 4.78 is 59.7. The van der Waals surface area contributed by atoms with Crippen molar-refractivity contribution in [2.45, 2.75) is 13.1 Å². The van der Waals surface area contributed by atoms with E-state index in [0.29, 0.717) is 15.6 Å². The van der Waals surface area contributed by atoms with Crippen molar-refractivity contribution in [2.75, 3.05) is 6.61 Å². The lowest BCUT2D eigenvalue weighted by molar-refractivity contribution is -0.143. The first-order valence-electron chi connectivity index (χ1n) is 7.21. The van der Waals surface area contributed by atoms with E-state index in [1.807, 2.05) is 0 Å². The van der Waals surface area contributed by atoms with Gasteiger partial charge in [0, 0.05) is 11.6 Å². The number of nitrogens with zero attached hydrogens (tertiary/aromatic N) is 3. The summed E-state index contributed by atoms with van der Waals surface area (Å²) in [5.41, 5.74) is -2.41. The molecule has 3 rings (SSSR count). The zero-order chi connectivity index (χ0) is 18.2. The van der Waals surface area contributed by atoms with Crippen molar-refractivity contribution < 1.29 is 27.1 Å². The highest BCUT2D eigenvalue weighted by Gasteiger charge is 2.43. The van der Waals surface area contributed by atoms with E-state index in [0.717, 1.165) is 0 Å². The topological polar surface area (TPSA) is 57.0 Å². The molecular weight excluding hydrogens is 342 g/mol. The first-order valence-corrected chi connectivity index (χ1v) is 7.21. The molecule has 0 aliphatic heterocycles. The van der Waals surface area contributed by atoms with Crippen LogP contribution in [0.15, 0.2) is 36.5 Å². The Morgan fingerprint density at radius 3 is 2.68 bits per heavy atom. The highest BCUT2D eigenvalue weighted by Crippen LogP contribution is 2.36. The van der Waals surface area contributed by atoms with Crippen LogP contribution in [0.3, 0.4) is 0 Å². The number of rotatable bonds is 3. The van der Waals surface area contributed by atoms with Gasteiger partial charge in [0.2, 0.25) is 5.95 Å². The molecule has 0 fully saturated rings. The van der Waals surface area contributed by atoms with Crippen molar-refractivity contribution in [3.05, 3.63) is 53.7 Å². The maximum atomic E-state index is 14.1. The normalized spacial score (nSPS) is 11.7. The van der Waals surface area contributed by atoms with E-state index in [1.165, 1.54) is 37.4 Å². The van der Waals surface area contributed by atoms with Crippen molar-refractivity contribution in [2.24, 2.45) is 0 Å². The van der Waals surface area contributed by atoms with E-state index in [1.54, 1.807) is 6.07 Å². The minimum Gasteiger partial charge on any atom is -0.462 e. The summed E-state index contributed by atoms with van der Waals surface area (Å²) in [6, 6.07) is 7.46. The molecule has 1 aromatic carbocycles. The number of hydrogen-bond donors (Lipinski definition) is 0. The van der Waals surface area contributed by atoms with Crippen molar-refractivity contribution in [3.8, 4) is 5.69 Å². The fourth-order valence-electron chi connectivity index (χ4n) is 2.48. The van der Waals surface area contributed by atoms with Crippen molar-refractivity contribution in [3.63, 3.8) is 0 Å². The fourth-order valence-corrected chi connectivity index (χ4v) is 2.48. The molecule has 0 saturated heterocycles. The van der Waals surface area contributed by atoms with Crippen LogP contribution in [-0.2, 0) is 10.9 Å². The number of hydrogen-bond acceptors (Lipinski definition) is 4. The predicted molar refractivity (Wildman–Crippen MR) is 79.8 cm³/mol. The molecule has 2 heterocycles. The molecule has 0 atom stereocenters. The van der Waals surface area contributed by atoms with Crippen LogP contribution in [0.4, 0.5) is 17.6 Å². The lowest BCUT2D eigenvalue weighted by atomic mass is 10.1. The van der Waals surface area contributed by atoms with E-state index >= 15 is 0 Å². The van der Waals surface area contributed by atoms with Gasteiger partial charge in [0.05, 0.1) is 17.8 Å². The SMILES string of the molecule is CCOC(=O)c1c(F)nn(-c2cccc3ncccc23)c1C(F)(F)F. The van der Waals surface area contributed by atoms with E-state index in [9.17, 15) is 22.4 Å². The van der Waals surface area contributed by atoms with Crippen LogP contribution < -0.4 is 0 Å². The maximum absolute atomic E-state index is 14.1. The molecule has 25 heavy (non-hydrogen) atoms. The van der Waals surface area contributed by atoms with Crippen molar-refractivity contribution >= 4 is 16.9 Å². The van der Waals surface area contributed by atoms with Gasteiger partial charge in [0.25, 0.3) is 0 Å². The first-order chi connectivity index (χ1) is 11.8. The lowest BCUT2D eigenvalue weighted by Gasteiger charge is -2.13. The number of alkyl halides is 3. The van der Waals surface area contributed by atoms with Crippen LogP contribution in [0.1, 0.15) is 23.0 Å². The number of carbonyl (C=O) groups excluding carboxylic acids is 1. The standard InChI is InChI=1S/C16H11F4N3O2/c1-2-25-15(24)12-13(16(18,19)20)23(22-14(12)17)11-7-3-6-10-9(11)5-4-8-21-10/h3-8H,2H2,1H3. The van der Waals surface area contributed by atoms with Gasteiger partial charge in [-0.05, 0) is 31.2 Å². The third-order valence-electron chi connectivity index (χ3n) is 3.44. The van der Waals surface area contributed by atoms with Gasteiger partial charge in [-0.15, -0.1) is 5.10 Å². The van der Waals surface area contributed by atoms with Gasteiger partial charge >= 0.3 is 12.1 Å². The molecule has 3 aromatic rings. The fraction of sp³-hybridized carbons (Fsp3) is 0.188. The molecule has 0 saturated carbocycles. The molecule has 0 bridgehead atoms. The van der Waals surface area contributed by atoms with Crippen LogP contribution in [-0.4, -0.2) is 27.3 Å². The minimum atomic E-state index is -5.02. The lowest BCUT2D eigenvalue weighted by Crippen LogP contribution is -2.19. The van der Waals surface area contributed by atoms with Gasteiger partial charge in [0.1, 0.15) is 5.56 Å². The monoisotopic (exact) mass is 353 g/mol. The summed E-state index contributed by atoms with van der Waals surface area (Å²) in [5, 5.41) is 3.63. The van der Waals surface area contributed by atoms with Crippen LogP contribution in [0.25, 0.3) is 16.6 Å². The Labute approximate surface area is 138 Å². The molecule has 0 N–H and O–H groups in total. The highest BCUT2D eigenvalue weighted by atomic mass is 19.4. The highest BCUT2D eigenvalue weighted by molar-refractivity contribution is 5.92. The second kappa shape index (κ2) is 6.15. The Kier molecular flexibility index (Phi) is 4.15. The molecule has 0 aliphatic carbocycles. The first kappa shape index (κ1) is 16.9. The van der Waals surface area contributed by atoms with Gasteiger partial charge < -0.3 is 4.74 Å². The van der Waals surface area contributed by atoms with Crippen LogP contribution in [0.2, 0.25) is 0 Å². The number of fused-ring (bicyclic) bond motifs is 1. The summed E-state index contributed by atoms with van der Waals surface area (Å²) in [5.74, 6) is -2.97. The van der Waals surface area contributed by atoms with E-state index in [4.69, 9.17) is 0 Å². The molecule has 2 aromatic heterocycles. The molecular formula is C16H11F4N3O2. The molecule has 5 nitrogen and oxygen atoms in total. The number of aromatic nitrogens is 3. The maximum Gasteiger partial charge on any atom is 0.434 e. The third kappa shape index (κ3) is 2.92. The Morgan fingerprint density at radius 1 is 1.24 bits per heavy atom. The van der Waals surface area contributed by atoms with Crippen molar-refractivity contribution in [1.82, 2.24) is 14.8 Å². The summed E-state index contributed by atoms with van der Waals surface area (Å²) in [4.78, 5) is 15.9. The van der Waals surface area contributed by atoms with Gasteiger partial charge in [-0.3, -0.25) is 4.98 Å². The number of benzene rings is 1. The van der Waals surface area contributed by atoms with Crippen LogP contribution >= 0.6 is 0 Å². The van der Waals surface area contributed by atoms with Gasteiger partial charge in [-0.2, -0.15) is 17.6 Å². The Morgan fingerprint density at radius 2 is 2.00 bits per heavy atom. The molecule has 0 spiro atoms. The number of halogens is 4. The van der Waals surface area contributed by atoms with Gasteiger partial charge in [-0.1, -0.05) is 6.07 Å².